The number of hydrogen-bond acceptors (Lipinski definition) is 7. The number of rotatable bonds is 7. The van der Waals surface area contributed by atoms with Gasteiger partial charge in [-0.25, -0.2) is 4.98 Å². The van der Waals surface area contributed by atoms with Crippen LogP contribution in [0.4, 0.5) is 0 Å². The van der Waals surface area contributed by atoms with Crippen molar-refractivity contribution in [3.8, 4) is 28.9 Å². The molecular weight excluding hydrogens is 350 g/mol. The van der Waals surface area contributed by atoms with Crippen molar-refractivity contribution in [2.24, 2.45) is 0 Å². The van der Waals surface area contributed by atoms with Crippen LogP contribution in [0.3, 0.4) is 0 Å². The number of hydrogen-bond donors (Lipinski definition) is 0. The molecule has 0 saturated carbocycles. The number of ether oxygens (including phenoxy) is 6. The van der Waals surface area contributed by atoms with Crippen molar-refractivity contribution in [2.45, 2.75) is 25.0 Å². The fraction of sp³-hybridized carbons (Fsp3) is 0.450. The molecule has 0 N–H and O–H groups in total. The highest BCUT2D eigenvalue weighted by Gasteiger charge is 2.31. The fourth-order valence-corrected chi connectivity index (χ4v) is 3.34. The van der Waals surface area contributed by atoms with Crippen LogP contribution >= 0.6 is 0 Å². The maximum absolute atomic E-state index is 6.31. The van der Waals surface area contributed by atoms with Crippen molar-refractivity contribution in [1.29, 1.82) is 0 Å². The van der Waals surface area contributed by atoms with Gasteiger partial charge in [0.1, 0.15) is 5.75 Å². The van der Waals surface area contributed by atoms with Gasteiger partial charge < -0.3 is 28.4 Å². The van der Waals surface area contributed by atoms with Gasteiger partial charge in [-0.2, -0.15) is 0 Å². The van der Waals surface area contributed by atoms with Crippen molar-refractivity contribution < 1.29 is 28.4 Å². The maximum atomic E-state index is 6.31. The molecule has 1 fully saturated rings. The van der Waals surface area contributed by atoms with E-state index >= 15 is 0 Å². The summed E-state index contributed by atoms with van der Waals surface area (Å²) in [5.41, 5.74) is 1.89. The monoisotopic (exact) mass is 375 g/mol. The van der Waals surface area contributed by atoms with Crippen LogP contribution in [0, 0.1) is 0 Å². The number of nitrogens with zero attached hydrogens (tertiary/aromatic N) is 1. The Morgan fingerprint density at radius 3 is 2.00 bits per heavy atom. The molecule has 0 radical (unpaired) electrons. The third-order valence-corrected chi connectivity index (χ3v) is 4.73. The first-order valence-corrected chi connectivity index (χ1v) is 8.68. The summed E-state index contributed by atoms with van der Waals surface area (Å²) in [6, 6.07) is 5.64. The van der Waals surface area contributed by atoms with Gasteiger partial charge in [0.25, 0.3) is 5.88 Å². The maximum Gasteiger partial charge on any atom is 0.256 e. The SMILES string of the molecule is COc1cc(OC)c(C2CCC(c3cnc(OC)c(OC)c3)O2)cc1OC. The molecule has 2 atom stereocenters. The molecule has 146 valence electrons. The van der Waals surface area contributed by atoms with E-state index in [1.165, 1.54) is 0 Å². The van der Waals surface area contributed by atoms with Crippen LogP contribution in [0.5, 0.6) is 28.9 Å². The first-order valence-electron chi connectivity index (χ1n) is 8.68. The van der Waals surface area contributed by atoms with Crippen molar-refractivity contribution in [3.63, 3.8) is 0 Å². The zero-order chi connectivity index (χ0) is 19.4. The lowest BCUT2D eigenvalue weighted by atomic mass is 10.0. The predicted molar refractivity (Wildman–Crippen MR) is 99.2 cm³/mol. The second kappa shape index (κ2) is 8.35. The average molecular weight is 375 g/mol. The van der Waals surface area contributed by atoms with E-state index in [0.717, 1.165) is 24.0 Å². The van der Waals surface area contributed by atoms with Gasteiger partial charge in [-0.15, -0.1) is 0 Å². The minimum atomic E-state index is -0.113. The number of aromatic nitrogens is 1. The third-order valence-electron chi connectivity index (χ3n) is 4.73. The molecule has 0 aliphatic carbocycles. The number of pyridine rings is 1. The first-order chi connectivity index (χ1) is 13.1. The molecule has 0 bridgehead atoms. The van der Waals surface area contributed by atoms with Gasteiger partial charge in [-0.3, -0.25) is 0 Å². The summed E-state index contributed by atoms with van der Waals surface area (Å²) in [4.78, 5) is 4.31. The lowest BCUT2D eigenvalue weighted by molar-refractivity contribution is 0.0422. The van der Waals surface area contributed by atoms with Crippen LogP contribution in [0.25, 0.3) is 0 Å². The summed E-state index contributed by atoms with van der Waals surface area (Å²) in [6.45, 7) is 0. The normalized spacial score (nSPS) is 18.9. The highest BCUT2D eigenvalue weighted by atomic mass is 16.5. The minimum absolute atomic E-state index is 0.0832. The Bertz CT molecular complexity index is 794. The summed E-state index contributed by atoms with van der Waals surface area (Å²) >= 11 is 0. The summed E-state index contributed by atoms with van der Waals surface area (Å²) in [5, 5.41) is 0. The van der Waals surface area contributed by atoms with Gasteiger partial charge in [0, 0.05) is 23.4 Å². The lowest BCUT2D eigenvalue weighted by Crippen LogP contribution is -2.04. The molecule has 7 heteroatoms. The van der Waals surface area contributed by atoms with E-state index in [9.17, 15) is 0 Å². The second-order valence-corrected chi connectivity index (χ2v) is 6.12. The molecule has 2 unspecified atom stereocenters. The van der Waals surface area contributed by atoms with Crippen LogP contribution < -0.4 is 23.7 Å². The molecule has 7 nitrogen and oxygen atoms in total. The quantitative estimate of drug-likeness (QED) is 0.730. The molecule has 1 aliphatic rings. The van der Waals surface area contributed by atoms with E-state index in [2.05, 4.69) is 4.98 Å². The Balaban J connectivity index is 1.86. The Labute approximate surface area is 159 Å². The Hall–Kier alpha value is -2.67. The topological polar surface area (TPSA) is 68.3 Å². The molecule has 1 saturated heterocycles. The van der Waals surface area contributed by atoms with Gasteiger partial charge in [0.15, 0.2) is 17.2 Å². The molecule has 27 heavy (non-hydrogen) atoms. The van der Waals surface area contributed by atoms with E-state index < -0.39 is 0 Å². The highest BCUT2D eigenvalue weighted by molar-refractivity contribution is 5.51. The minimum Gasteiger partial charge on any atom is -0.496 e. The molecule has 0 amide bonds. The van der Waals surface area contributed by atoms with Crippen LogP contribution in [-0.4, -0.2) is 40.5 Å². The molecule has 1 aromatic carbocycles. The van der Waals surface area contributed by atoms with Crippen molar-refractivity contribution in [3.05, 3.63) is 35.5 Å². The van der Waals surface area contributed by atoms with Gasteiger partial charge in [-0.05, 0) is 25.0 Å². The van der Waals surface area contributed by atoms with Gasteiger partial charge in [0.2, 0.25) is 0 Å². The average Bonchev–Trinajstić information content (AvgIpc) is 3.22. The Morgan fingerprint density at radius 1 is 0.741 bits per heavy atom. The zero-order valence-electron chi connectivity index (χ0n) is 16.3. The van der Waals surface area contributed by atoms with E-state index in [1.807, 2.05) is 18.2 Å². The number of methoxy groups -OCH3 is 5. The highest BCUT2D eigenvalue weighted by Crippen LogP contribution is 2.47. The molecule has 2 aromatic rings. The zero-order valence-corrected chi connectivity index (χ0v) is 16.3. The third kappa shape index (κ3) is 3.73. The summed E-state index contributed by atoms with van der Waals surface area (Å²) in [5.74, 6) is 3.02. The van der Waals surface area contributed by atoms with Crippen LogP contribution in [0.2, 0.25) is 0 Å². The Kier molecular flexibility index (Phi) is 5.91. The van der Waals surface area contributed by atoms with Gasteiger partial charge in [0.05, 0.1) is 47.8 Å². The van der Waals surface area contributed by atoms with Crippen molar-refractivity contribution >= 4 is 0 Å². The number of benzene rings is 1. The van der Waals surface area contributed by atoms with E-state index in [0.29, 0.717) is 28.9 Å². The van der Waals surface area contributed by atoms with E-state index in [4.69, 9.17) is 28.4 Å². The van der Waals surface area contributed by atoms with E-state index in [-0.39, 0.29) is 12.2 Å². The molecule has 3 rings (SSSR count). The molecule has 0 spiro atoms. The van der Waals surface area contributed by atoms with Gasteiger partial charge in [-0.1, -0.05) is 0 Å². The fourth-order valence-electron chi connectivity index (χ4n) is 3.34. The second-order valence-electron chi connectivity index (χ2n) is 6.12. The smallest absolute Gasteiger partial charge is 0.256 e. The Morgan fingerprint density at radius 2 is 1.37 bits per heavy atom. The lowest BCUT2D eigenvalue weighted by Gasteiger charge is -2.19. The van der Waals surface area contributed by atoms with E-state index in [1.54, 1.807) is 41.7 Å². The largest absolute Gasteiger partial charge is 0.496 e. The first kappa shape index (κ1) is 19.1. The summed E-state index contributed by atoms with van der Waals surface area (Å²) in [7, 11) is 8.01. The molecular formula is C20H25NO6. The van der Waals surface area contributed by atoms with Gasteiger partial charge >= 0.3 is 0 Å². The summed E-state index contributed by atoms with van der Waals surface area (Å²) < 4.78 is 33.2. The van der Waals surface area contributed by atoms with Crippen LogP contribution in [0.1, 0.15) is 36.2 Å². The van der Waals surface area contributed by atoms with Crippen molar-refractivity contribution in [1.82, 2.24) is 4.98 Å². The summed E-state index contributed by atoms with van der Waals surface area (Å²) in [6.07, 6.45) is 3.28. The molecule has 1 aliphatic heterocycles. The molecule has 1 aromatic heterocycles. The van der Waals surface area contributed by atoms with Crippen LogP contribution in [0.15, 0.2) is 24.4 Å². The standard InChI is InChI=1S/C20H25NO6/c1-22-16-10-18(24-3)17(23-2)9-13(16)15-7-6-14(27-15)12-8-19(25-4)20(26-5)21-11-12/h8-11,14-15H,6-7H2,1-5H3. The molecule has 2 heterocycles. The van der Waals surface area contributed by atoms with Crippen LogP contribution in [-0.2, 0) is 4.74 Å². The van der Waals surface area contributed by atoms with Crippen molar-refractivity contribution in [2.75, 3.05) is 35.5 Å². The predicted octanol–water partition coefficient (Wildman–Crippen LogP) is 3.72.